The van der Waals surface area contributed by atoms with Crippen molar-refractivity contribution >= 4 is 0 Å². The van der Waals surface area contributed by atoms with Crippen LogP contribution >= 0.6 is 0 Å². The van der Waals surface area contributed by atoms with Gasteiger partial charge in [-0.25, -0.2) is 0 Å². The molecule has 20 heavy (non-hydrogen) atoms. The van der Waals surface area contributed by atoms with Gasteiger partial charge in [-0.2, -0.15) is 0 Å². The van der Waals surface area contributed by atoms with E-state index in [1.165, 1.54) is 51.7 Å². The van der Waals surface area contributed by atoms with Gasteiger partial charge in [0.05, 0.1) is 6.61 Å². The molecule has 1 saturated carbocycles. The fourth-order valence-electron chi connectivity index (χ4n) is 3.85. The van der Waals surface area contributed by atoms with Gasteiger partial charge in [0, 0.05) is 19.7 Å². The number of rotatable bonds is 6. The molecule has 3 unspecified atom stereocenters. The maximum atomic E-state index is 5.08. The monoisotopic (exact) mass is 282 g/mol. The summed E-state index contributed by atoms with van der Waals surface area (Å²) in [5.41, 5.74) is 0. The Kier molecular flexibility index (Phi) is 6.79. The second kappa shape index (κ2) is 8.35. The smallest absolute Gasteiger partial charge is 0.0587 e. The van der Waals surface area contributed by atoms with Gasteiger partial charge < -0.3 is 15.0 Å². The summed E-state index contributed by atoms with van der Waals surface area (Å²) in [4.78, 5) is 2.79. The second-order valence-corrected chi connectivity index (χ2v) is 7.10. The van der Waals surface area contributed by atoms with Gasteiger partial charge in [0.2, 0.25) is 0 Å². The molecule has 0 aromatic carbocycles. The van der Waals surface area contributed by atoms with E-state index in [-0.39, 0.29) is 0 Å². The number of nitrogens with zero attached hydrogens (tertiary/aromatic N) is 1. The first kappa shape index (κ1) is 16.3. The Morgan fingerprint density at radius 2 is 1.80 bits per heavy atom. The van der Waals surface area contributed by atoms with Crippen molar-refractivity contribution in [3.8, 4) is 0 Å². The summed E-state index contributed by atoms with van der Waals surface area (Å²) in [6, 6.07) is 0.878. The van der Waals surface area contributed by atoms with Crippen molar-refractivity contribution in [1.82, 2.24) is 10.2 Å². The molecule has 3 heteroatoms. The van der Waals surface area contributed by atoms with Crippen LogP contribution in [-0.2, 0) is 4.74 Å². The second-order valence-electron chi connectivity index (χ2n) is 7.10. The van der Waals surface area contributed by atoms with Crippen LogP contribution in [0.4, 0.5) is 0 Å². The average Bonchev–Trinajstić information content (AvgIpc) is 2.47. The lowest BCUT2D eigenvalue weighted by Crippen LogP contribution is -2.45. The van der Waals surface area contributed by atoms with Gasteiger partial charge >= 0.3 is 0 Å². The largest absolute Gasteiger partial charge is 0.383 e. The lowest BCUT2D eigenvalue weighted by molar-refractivity contribution is 0.0754. The summed E-state index contributed by atoms with van der Waals surface area (Å²) in [5.74, 6) is 2.74. The Balaban J connectivity index is 1.64. The van der Waals surface area contributed by atoms with Crippen LogP contribution in [0.15, 0.2) is 0 Å². The number of nitrogens with one attached hydrogen (secondary N) is 1. The number of ether oxygens (including phenoxy) is 1. The van der Waals surface area contributed by atoms with E-state index in [9.17, 15) is 0 Å². The highest BCUT2D eigenvalue weighted by atomic mass is 16.5. The summed E-state index contributed by atoms with van der Waals surface area (Å²) in [6.45, 7) is 10.5. The normalized spacial score (nSPS) is 33.5. The highest BCUT2D eigenvalue weighted by Crippen LogP contribution is 2.33. The van der Waals surface area contributed by atoms with Gasteiger partial charge in [-0.1, -0.05) is 13.8 Å². The molecule has 0 spiro atoms. The van der Waals surface area contributed by atoms with Crippen LogP contribution in [0, 0.1) is 17.8 Å². The molecule has 1 saturated heterocycles. The lowest BCUT2D eigenvalue weighted by atomic mass is 9.78. The van der Waals surface area contributed by atoms with Crippen molar-refractivity contribution in [2.75, 3.05) is 39.9 Å². The van der Waals surface area contributed by atoms with Crippen molar-refractivity contribution < 1.29 is 4.74 Å². The maximum Gasteiger partial charge on any atom is 0.0587 e. The fraction of sp³-hybridized carbons (Fsp3) is 1.00. The van der Waals surface area contributed by atoms with E-state index in [0.717, 1.165) is 36.9 Å². The predicted octanol–water partition coefficient (Wildman–Crippen LogP) is 2.76. The third-order valence-electron chi connectivity index (χ3n) is 5.65. The zero-order valence-corrected chi connectivity index (χ0v) is 13.7. The van der Waals surface area contributed by atoms with Gasteiger partial charge in [0.15, 0.2) is 0 Å². The minimum absolute atomic E-state index is 0.830. The fourth-order valence-corrected chi connectivity index (χ4v) is 3.85. The number of hydrogen-bond donors (Lipinski definition) is 1. The molecule has 2 fully saturated rings. The van der Waals surface area contributed by atoms with E-state index in [4.69, 9.17) is 4.74 Å². The number of likely N-dealkylation sites (tertiary alicyclic amines) is 1. The molecule has 3 atom stereocenters. The topological polar surface area (TPSA) is 24.5 Å². The molecule has 1 heterocycles. The molecule has 1 aliphatic heterocycles. The highest BCUT2D eigenvalue weighted by molar-refractivity contribution is 4.85. The van der Waals surface area contributed by atoms with E-state index >= 15 is 0 Å². The molecular weight excluding hydrogens is 248 g/mol. The third-order valence-corrected chi connectivity index (χ3v) is 5.65. The molecule has 1 N–H and O–H groups in total. The Morgan fingerprint density at radius 3 is 2.45 bits per heavy atom. The Bertz CT molecular complexity index is 264. The predicted molar refractivity (Wildman–Crippen MR) is 85.0 cm³/mol. The molecule has 1 aliphatic carbocycles. The molecule has 2 rings (SSSR count). The quantitative estimate of drug-likeness (QED) is 0.758. The molecule has 0 amide bonds. The first-order chi connectivity index (χ1) is 9.70. The third kappa shape index (κ3) is 4.71. The molecule has 0 aromatic rings. The van der Waals surface area contributed by atoms with E-state index in [1.54, 1.807) is 7.11 Å². The first-order valence-electron chi connectivity index (χ1n) is 8.64. The van der Waals surface area contributed by atoms with Gasteiger partial charge in [-0.15, -0.1) is 0 Å². The Hall–Kier alpha value is -0.120. The Morgan fingerprint density at radius 1 is 1.05 bits per heavy atom. The molecule has 0 aromatic heterocycles. The minimum atomic E-state index is 0.830. The molecule has 0 radical (unpaired) electrons. The number of methoxy groups -OCH3 is 1. The van der Waals surface area contributed by atoms with E-state index in [1.807, 2.05) is 0 Å². The summed E-state index contributed by atoms with van der Waals surface area (Å²) in [7, 11) is 1.77. The lowest BCUT2D eigenvalue weighted by Gasteiger charge is -2.42. The zero-order chi connectivity index (χ0) is 14.4. The molecule has 3 nitrogen and oxygen atoms in total. The van der Waals surface area contributed by atoms with Crippen molar-refractivity contribution in [3.63, 3.8) is 0 Å². The summed E-state index contributed by atoms with van der Waals surface area (Å²) >= 11 is 0. The Labute approximate surface area is 125 Å². The van der Waals surface area contributed by atoms with Gasteiger partial charge in [-0.3, -0.25) is 0 Å². The van der Waals surface area contributed by atoms with Crippen molar-refractivity contribution in [2.45, 2.75) is 52.0 Å². The van der Waals surface area contributed by atoms with Crippen molar-refractivity contribution in [2.24, 2.45) is 17.8 Å². The molecule has 2 aliphatic rings. The maximum absolute atomic E-state index is 5.08. The van der Waals surface area contributed by atoms with Crippen LogP contribution < -0.4 is 5.32 Å². The van der Waals surface area contributed by atoms with E-state index in [0.29, 0.717) is 0 Å². The molecule has 118 valence electrons. The number of piperidine rings is 1. The van der Waals surface area contributed by atoms with Crippen LogP contribution in [0.3, 0.4) is 0 Å². The minimum Gasteiger partial charge on any atom is -0.383 e. The summed E-state index contributed by atoms with van der Waals surface area (Å²) < 4.78 is 5.08. The zero-order valence-electron chi connectivity index (χ0n) is 13.7. The number of hydrogen-bond acceptors (Lipinski definition) is 3. The standard InChI is InChI=1S/C17H34N2O/c1-14-4-5-17(12-15(14)2)19-9-6-16(7-10-19)13-18-8-11-20-3/h14-18H,4-13H2,1-3H3. The average molecular weight is 282 g/mol. The van der Waals surface area contributed by atoms with Gasteiger partial charge in [-0.05, 0) is 69.5 Å². The first-order valence-corrected chi connectivity index (χ1v) is 8.64. The van der Waals surface area contributed by atoms with E-state index < -0.39 is 0 Å². The van der Waals surface area contributed by atoms with Gasteiger partial charge in [0.1, 0.15) is 0 Å². The molecular formula is C17H34N2O. The van der Waals surface area contributed by atoms with Crippen LogP contribution in [0.25, 0.3) is 0 Å². The van der Waals surface area contributed by atoms with Crippen molar-refractivity contribution in [3.05, 3.63) is 0 Å². The highest BCUT2D eigenvalue weighted by Gasteiger charge is 2.30. The van der Waals surface area contributed by atoms with Gasteiger partial charge in [0.25, 0.3) is 0 Å². The van der Waals surface area contributed by atoms with Crippen LogP contribution in [0.1, 0.15) is 46.0 Å². The van der Waals surface area contributed by atoms with E-state index in [2.05, 4.69) is 24.1 Å². The van der Waals surface area contributed by atoms with Crippen LogP contribution in [0.2, 0.25) is 0 Å². The van der Waals surface area contributed by atoms with Crippen LogP contribution in [-0.4, -0.2) is 50.8 Å². The van der Waals surface area contributed by atoms with Crippen LogP contribution in [0.5, 0.6) is 0 Å². The summed E-state index contributed by atoms with van der Waals surface area (Å²) in [5, 5.41) is 3.52. The SMILES string of the molecule is COCCNCC1CCN(C2CCC(C)C(C)C2)CC1. The molecule has 0 bridgehead atoms. The van der Waals surface area contributed by atoms with Crippen molar-refractivity contribution in [1.29, 1.82) is 0 Å². The summed E-state index contributed by atoms with van der Waals surface area (Å²) in [6.07, 6.45) is 7.05.